The quantitative estimate of drug-likeness (QED) is 0.408. The Morgan fingerprint density at radius 1 is 1.09 bits per heavy atom. The Hall–Kier alpha value is -2.27. The number of hydrogen-bond donors (Lipinski definition) is 4. The number of fused-ring (bicyclic) bond motifs is 4. The summed E-state index contributed by atoms with van der Waals surface area (Å²) in [5.41, 5.74) is 3.36. The second-order valence-electron chi connectivity index (χ2n) is 9.29. The molecule has 2 aromatic carbocycles. The number of nitrogens with one attached hydrogen (secondary N) is 1. The number of aromatic amines is 1. The molecule has 1 fully saturated rings. The average molecular weight is 532 g/mol. The molecule has 34 heavy (non-hydrogen) atoms. The molecule has 0 bridgehead atoms. The van der Waals surface area contributed by atoms with Crippen LogP contribution in [0, 0.1) is 0 Å². The molecule has 1 aliphatic heterocycles. The van der Waals surface area contributed by atoms with E-state index in [2.05, 4.69) is 34.8 Å². The maximum Gasteiger partial charge on any atom is 0.195 e. The first-order valence-corrected chi connectivity index (χ1v) is 11.8. The highest BCUT2D eigenvalue weighted by molar-refractivity contribution is 9.10. The van der Waals surface area contributed by atoms with E-state index in [1.807, 2.05) is 24.3 Å². The fourth-order valence-corrected chi connectivity index (χ4v) is 5.26. The number of methoxy groups -OCH3 is 1. The zero-order valence-electron chi connectivity index (χ0n) is 18.9. The molecule has 0 radical (unpaired) electrons. The third-order valence-corrected chi connectivity index (χ3v) is 7.33. The van der Waals surface area contributed by atoms with Gasteiger partial charge in [-0.25, -0.2) is 0 Å². The average Bonchev–Trinajstić information content (AvgIpc) is 3.20. The summed E-state index contributed by atoms with van der Waals surface area (Å²) in [6.45, 7) is 4.03. The summed E-state index contributed by atoms with van der Waals surface area (Å²) in [5, 5.41) is 31.2. The molecule has 5 rings (SSSR count). The van der Waals surface area contributed by atoms with E-state index >= 15 is 0 Å². The number of aliphatic hydroxyl groups excluding tert-OH is 3. The first-order chi connectivity index (χ1) is 16.1. The summed E-state index contributed by atoms with van der Waals surface area (Å²) in [5.74, 6) is 0.447. The maximum atomic E-state index is 13.5. The zero-order valence-corrected chi connectivity index (χ0v) is 20.5. The van der Waals surface area contributed by atoms with Crippen molar-refractivity contribution in [3.8, 4) is 5.75 Å². The van der Waals surface area contributed by atoms with Crippen LogP contribution < -0.4 is 4.74 Å². The van der Waals surface area contributed by atoms with Gasteiger partial charge in [0.05, 0.1) is 5.56 Å². The molecule has 9 heteroatoms. The number of hydrogen-bond acceptors (Lipinski definition) is 7. The minimum Gasteiger partial charge on any atom is -0.491 e. The molecule has 0 saturated carbocycles. The molecule has 1 aromatic heterocycles. The van der Waals surface area contributed by atoms with Crippen LogP contribution in [0.25, 0.3) is 10.9 Å². The highest BCUT2D eigenvalue weighted by Gasteiger charge is 2.44. The molecule has 180 valence electrons. The van der Waals surface area contributed by atoms with E-state index in [4.69, 9.17) is 14.2 Å². The van der Waals surface area contributed by atoms with Crippen molar-refractivity contribution in [2.75, 3.05) is 13.7 Å². The number of ketones is 1. The van der Waals surface area contributed by atoms with Gasteiger partial charge < -0.3 is 34.5 Å². The molecule has 0 amide bonds. The van der Waals surface area contributed by atoms with Crippen molar-refractivity contribution in [1.82, 2.24) is 4.98 Å². The lowest BCUT2D eigenvalue weighted by Crippen LogP contribution is -2.59. The summed E-state index contributed by atoms with van der Waals surface area (Å²) < 4.78 is 17.4. The van der Waals surface area contributed by atoms with Gasteiger partial charge in [0.1, 0.15) is 36.8 Å². The molecular weight excluding hydrogens is 506 g/mol. The number of ether oxygens (including phenoxy) is 3. The second kappa shape index (κ2) is 8.44. The smallest absolute Gasteiger partial charge is 0.195 e. The topological polar surface area (TPSA) is 121 Å². The van der Waals surface area contributed by atoms with E-state index < -0.39 is 36.1 Å². The predicted molar refractivity (Wildman–Crippen MR) is 127 cm³/mol. The van der Waals surface area contributed by atoms with Gasteiger partial charge in [-0.1, -0.05) is 35.8 Å². The third-order valence-electron chi connectivity index (χ3n) is 6.84. The van der Waals surface area contributed by atoms with Crippen LogP contribution in [0.15, 0.2) is 40.9 Å². The Morgan fingerprint density at radius 3 is 2.59 bits per heavy atom. The van der Waals surface area contributed by atoms with Crippen molar-refractivity contribution in [3.05, 3.63) is 63.3 Å². The molecule has 5 atom stereocenters. The molecule has 1 saturated heterocycles. The van der Waals surface area contributed by atoms with E-state index in [0.29, 0.717) is 16.9 Å². The van der Waals surface area contributed by atoms with E-state index in [-0.39, 0.29) is 12.4 Å². The van der Waals surface area contributed by atoms with Crippen LogP contribution in [0.2, 0.25) is 0 Å². The van der Waals surface area contributed by atoms with Gasteiger partial charge in [-0.2, -0.15) is 0 Å². The Labute approximate surface area is 204 Å². The lowest BCUT2D eigenvalue weighted by Gasteiger charge is -2.39. The number of halogens is 1. The van der Waals surface area contributed by atoms with Crippen molar-refractivity contribution < 1.29 is 34.3 Å². The Morgan fingerprint density at radius 2 is 1.85 bits per heavy atom. The minimum absolute atomic E-state index is 0.0458. The first-order valence-electron chi connectivity index (χ1n) is 11.0. The van der Waals surface area contributed by atoms with Crippen LogP contribution in [-0.2, 0) is 14.9 Å². The Bertz CT molecular complexity index is 1270. The number of benzene rings is 2. The van der Waals surface area contributed by atoms with Gasteiger partial charge in [0.15, 0.2) is 12.1 Å². The standard InChI is InChI=1S/C25H26BrNO7/c1-25(2)15-9-12(33-10-17-20(29)21(30)22(31)24(32-3)34-17)5-7-13(15)19(28)18-14-6-4-11(26)8-16(14)27-23(18)25/h4-9,17,20-22,24,27,29-31H,10H2,1-3H3/t17-,20-,21+,22-,24+/m1/s1. The molecule has 1 aliphatic carbocycles. The number of rotatable bonds is 4. The van der Waals surface area contributed by atoms with Crippen LogP contribution in [0.4, 0.5) is 0 Å². The third kappa shape index (κ3) is 3.59. The van der Waals surface area contributed by atoms with E-state index in [0.717, 1.165) is 26.6 Å². The summed E-state index contributed by atoms with van der Waals surface area (Å²) in [6.07, 6.45) is -6.11. The van der Waals surface area contributed by atoms with Crippen LogP contribution in [-0.4, -0.2) is 70.5 Å². The summed E-state index contributed by atoms with van der Waals surface area (Å²) in [4.78, 5) is 16.9. The van der Waals surface area contributed by atoms with Gasteiger partial charge >= 0.3 is 0 Å². The number of carbonyl (C=O) groups excluding carboxylic acids is 1. The lowest BCUT2D eigenvalue weighted by molar-refractivity contribution is -0.293. The van der Waals surface area contributed by atoms with Crippen LogP contribution >= 0.6 is 15.9 Å². The van der Waals surface area contributed by atoms with E-state index in [9.17, 15) is 20.1 Å². The normalized spacial score (nSPS) is 28.0. The lowest BCUT2D eigenvalue weighted by atomic mass is 9.71. The fourth-order valence-electron chi connectivity index (χ4n) is 4.90. The Kier molecular flexibility index (Phi) is 5.83. The summed E-state index contributed by atoms with van der Waals surface area (Å²) in [7, 11) is 1.34. The van der Waals surface area contributed by atoms with Gasteiger partial charge in [-0.05, 0) is 35.9 Å². The van der Waals surface area contributed by atoms with Crippen LogP contribution in [0.1, 0.15) is 41.0 Å². The van der Waals surface area contributed by atoms with Gasteiger partial charge in [0.2, 0.25) is 0 Å². The molecule has 2 heterocycles. The predicted octanol–water partition coefficient (Wildman–Crippen LogP) is 2.63. The van der Waals surface area contributed by atoms with E-state index in [1.165, 1.54) is 7.11 Å². The zero-order chi connectivity index (χ0) is 24.4. The van der Waals surface area contributed by atoms with Crippen molar-refractivity contribution in [3.63, 3.8) is 0 Å². The SMILES string of the molecule is CO[C@H]1O[C@H](COc2ccc3c(c2)C(C)(C)c2[nH]c4cc(Br)ccc4c2C3=O)[C@@H](O)[C@H](O)[C@H]1O. The number of carbonyl (C=O) groups is 1. The van der Waals surface area contributed by atoms with Crippen molar-refractivity contribution >= 4 is 32.6 Å². The number of aromatic nitrogens is 1. The van der Waals surface area contributed by atoms with E-state index in [1.54, 1.807) is 12.1 Å². The molecular formula is C25H26BrNO7. The first kappa shape index (κ1) is 23.5. The van der Waals surface area contributed by atoms with Crippen molar-refractivity contribution in [2.45, 2.75) is 50.0 Å². The second-order valence-corrected chi connectivity index (χ2v) is 10.2. The van der Waals surface area contributed by atoms with Crippen molar-refractivity contribution in [2.24, 2.45) is 0 Å². The van der Waals surface area contributed by atoms with Gasteiger partial charge in [-0.3, -0.25) is 4.79 Å². The van der Waals surface area contributed by atoms with Crippen molar-refractivity contribution in [1.29, 1.82) is 0 Å². The molecule has 4 N–H and O–H groups in total. The monoisotopic (exact) mass is 531 g/mol. The highest BCUT2D eigenvalue weighted by atomic mass is 79.9. The molecule has 2 aliphatic rings. The van der Waals surface area contributed by atoms with Crippen LogP contribution in [0.5, 0.6) is 5.75 Å². The van der Waals surface area contributed by atoms with Gasteiger partial charge in [-0.15, -0.1) is 0 Å². The molecule has 8 nitrogen and oxygen atoms in total. The largest absolute Gasteiger partial charge is 0.491 e. The molecule has 3 aromatic rings. The Balaban J connectivity index is 1.44. The van der Waals surface area contributed by atoms with Gasteiger partial charge in [0, 0.05) is 39.2 Å². The number of aliphatic hydroxyl groups is 3. The molecule has 0 unspecified atom stereocenters. The highest BCUT2D eigenvalue weighted by Crippen LogP contribution is 2.45. The van der Waals surface area contributed by atoms with Crippen LogP contribution in [0.3, 0.4) is 0 Å². The summed E-state index contributed by atoms with van der Waals surface area (Å²) in [6, 6.07) is 11.1. The molecule has 0 spiro atoms. The number of H-pyrrole nitrogens is 1. The maximum absolute atomic E-state index is 13.5. The fraction of sp³-hybridized carbons (Fsp3) is 0.400. The summed E-state index contributed by atoms with van der Waals surface area (Å²) >= 11 is 3.49. The van der Waals surface area contributed by atoms with Gasteiger partial charge in [0.25, 0.3) is 0 Å². The minimum atomic E-state index is -1.42.